The van der Waals surface area contributed by atoms with Crippen LogP contribution in [0.1, 0.15) is 48.1 Å². The number of Topliss-reactive ketones (excluding diaryl/α,β-unsaturated/α-hetero) is 1. The number of carbonyl (C=O) groups is 3. The number of hydrogen-bond acceptors (Lipinski definition) is 11. The smallest absolute Gasteiger partial charge is 0.338 e. The van der Waals surface area contributed by atoms with E-state index in [0.29, 0.717) is 22.5 Å². The summed E-state index contributed by atoms with van der Waals surface area (Å²) in [5, 5.41) is 13.7. The molecule has 1 aliphatic heterocycles. The molecule has 0 saturated carbocycles. The Morgan fingerprint density at radius 1 is 1.16 bits per heavy atom. The van der Waals surface area contributed by atoms with Crippen LogP contribution in [-0.2, 0) is 23.9 Å². The van der Waals surface area contributed by atoms with Crippen molar-refractivity contribution in [2.75, 3.05) is 18.1 Å². The predicted octanol–water partition coefficient (Wildman–Crippen LogP) is 4.89. The number of nitrogens with zero attached hydrogens (tertiary/aromatic N) is 3. The lowest BCUT2D eigenvalue weighted by Gasteiger charge is -2.44. The number of benzene rings is 1. The zero-order valence-corrected chi connectivity index (χ0v) is 24.6. The molecular weight excluding hydrogens is 572 g/mol. The number of ether oxygens (including phenoxy) is 2. The van der Waals surface area contributed by atoms with Crippen LogP contribution in [0, 0.1) is 23.0 Å². The monoisotopic (exact) mass is 602 g/mol. The molecule has 2 N–H and O–H groups in total. The molecule has 0 radical (unpaired) electrons. The van der Waals surface area contributed by atoms with Gasteiger partial charge in [0.25, 0.3) is 5.69 Å². The molecule has 1 aliphatic carbocycles. The summed E-state index contributed by atoms with van der Waals surface area (Å²) in [6, 6.07) is 11.4. The molecule has 2 aromatic heterocycles. The Labute approximate surface area is 251 Å². The molecule has 1 aromatic carbocycles. The number of anilines is 1. The first-order valence-electron chi connectivity index (χ1n) is 13.8. The van der Waals surface area contributed by atoms with Gasteiger partial charge >= 0.3 is 11.9 Å². The van der Waals surface area contributed by atoms with Gasteiger partial charge in [-0.1, -0.05) is 18.2 Å². The second-order valence-corrected chi connectivity index (χ2v) is 11.1. The minimum Gasteiger partial charge on any atom is -0.465 e. The number of aryl methyl sites for hydroxylation is 1. The molecule has 0 unspecified atom stereocenters. The highest BCUT2D eigenvalue weighted by Crippen LogP contribution is 2.52. The molecule has 222 valence electrons. The van der Waals surface area contributed by atoms with Gasteiger partial charge in [-0.15, -0.1) is 11.3 Å². The molecule has 43 heavy (non-hydrogen) atoms. The lowest BCUT2D eigenvalue weighted by molar-refractivity contribution is -0.384. The number of esters is 2. The summed E-state index contributed by atoms with van der Waals surface area (Å²) in [5.74, 6) is -4.76. The average molecular weight is 603 g/mol. The number of hydrogen-bond donors (Lipinski definition) is 1. The third-order valence-electron chi connectivity index (χ3n) is 7.65. The van der Waals surface area contributed by atoms with Crippen LogP contribution in [0.2, 0.25) is 0 Å². The lowest BCUT2D eigenvalue weighted by Crippen LogP contribution is -2.46. The van der Waals surface area contributed by atoms with Crippen LogP contribution in [0.5, 0.6) is 0 Å². The third-order valence-corrected chi connectivity index (χ3v) is 8.65. The SMILES string of the molecule is CCOC(=O)C1=C(N)N(c2cc([N+](=O)[O-])ccc2C)C2=C(C(=O)[C@H](C(=O)OCC)[C@H](c3cccs3)C2)[C@@H]1c1cccnc1. The van der Waals surface area contributed by atoms with E-state index in [4.69, 9.17) is 15.2 Å². The summed E-state index contributed by atoms with van der Waals surface area (Å²) in [6.07, 6.45) is 3.27. The number of aromatic nitrogens is 1. The van der Waals surface area contributed by atoms with Crippen molar-refractivity contribution >= 4 is 40.4 Å². The molecule has 5 rings (SSSR count). The predicted molar refractivity (Wildman–Crippen MR) is 159 cm³/mol. The van der Waals surface area contributed by atoms with Gasteiger partial charge in [0.1, 0.15) is 11.7 Å². The number of non-ortho nitro benzene ring substituents is 1. The number of ketones is 1. The number of nitro benzene ring substituents is 1. The van der Waals surface area contributed by atoms with Crippen molar-refractivity contribution in [3.63, 3.8) is 0 Å². The van der Waals surface area contributed by atoms with E-state index < -0.39 is 40.4 Å². The van der Waals surface area contributed by atoms with Crippen molar-refractivity contribution in [3.05, 3.63) is 109 Å². The van der Waals surface area contributed by atoms with E-state index in [-0.39, 0.29) is 42.3 Å². The van der Waals surface area contributed by atoms with Gasteiger partial charge in [0.15, 0.2) is 5.78 Å². The Bertz CT molecular complexity index is 1650. The van der Waals surface area contributed by atoms with Crippen LogP contribution in [0.4, 0.5) is 11.4 Å². The van der Waals surface area contributed by atoms with Gasteiger partial charge in [0.05, 0.1) is 35.3 Å². The van der Waals surface area contributed by atoms with E-state index in [0.717, 1.165) is 4.88 Å². The van der Waals surface area contributed by atoms with Crippen molar-refractivity contribution in [1.82, 2.24) is 4.98 Å². The van der Waals surface area contributed by atoms with Crippen LogP contribution < -0.4 is 10.6 Å². The standard InChI is InChI=1S/C31H30N4O7S/c1-4-41-30(37)25-20(23-9-7-13-43-23)15-22-26(28(25)36)24(18-8-6-12-33-16-18)27(31(38)42-5-2)29(32)34(22)21-14-19(35(39)40)11-10-17(21)3/h6-14,16,20,24-25H,4-5,15,32H2,1-3H3/t20-,24-,25+/m0/s1. The summed E-state index contributed by atoms with van der Waals surface area (Å²) in [7, 11) is 0. The molecule has 0 fully saturated rings. The fraction of sp³-hybridized carbons (Fsp3) is 0.290. The van der Waals surface area contributed by atoms with Gasteiger partial charge in [-0.2, -0.15) is 0 Å². The average Bonchev–Trinajstić information content (AvgIpc) is 3.52. The van der Waals surface area contributed by atoms with Gasteiger partial charge in [-0.3, -0.25) is 29.6 Å². The molecule has 3 atom stereocenters. The Hall–Kier alpha value is -4.84. The van der Waals surface area contributed by atoms with Crippen molar-refractivity contribution in [1.29, 1.82) is 0 Å². The van der Waals surface area contributed by atoms with Crippen LogP contribution >= 0.6 is 11.3 Å². The number of pyridine rings is 1. The summed E-state index contributed by atoms with van der Waals surface area (Å²) < 4.78 is 10.8. The number of nitrogens with two attached hydrogens (primary N) is 1. The van der Waals surface area contributed by atoms with Crippen molar-refractivity contribution in [3.8, 4) is 0 Å². The van der Waals surface area contributed by atoms with Crippen molar-refractivity contribution < 1.29 is 28.8 Å². The highest BCUT2D eigenvalue weighted by Gasteiger charge is 2.52. The Balaban J connectivity index is 1.85. The number of carbonyl (C=O) groups excluding carboxylic acids is 3. The Kier molecular flexibility index (Phi) is 8.40. The maximum absolute atomic E-state index is 14.7. The molecule has 0 bridgehead atoms. The topological polar surface area (TPSA) is 155 Å². The van der Waals surface area contributed by atoms with Gasteiger partial charge in [-0.05, 0) is 55.8 Å². The first-order chi connectivity index (χ1) is 20.7. The quantitative estimate of drug-likeness (QED) is 0.163. The van der Waals surface area contributed by atoms with Gasteiger partial charge in [-0.25, -0.2) is 4.79 Å². The minimum absolute atomic E-state index is 0.0231. The first-order valence-corrected chi connectivity index (χ1v) is 14.7. The number of nitro groups is 1. The van der Waals surface area contributed by atoms with Gasteiger partial charge in [0.2, 0.25) is 0 Å². The highest BCUT2D eigenvalue weighted by molar-refractivity contribution is 7.10. The van der Waals surface area contributed by atoms with Crippen LogP contribution in [-0.4, -0.2) is 40.8 Å². The molecule has 11 nitrogen and oxygen atoms in total. The zero-order valence-electron chi connectivity index (χ0n) is 23.8. The fourth-order valence-corrected chi connectivity index (χ4v) is 6.68. The molecule has 2 aliphatic rings. The molecule has 3 aromatic rings. The van der Waals surface area contributed by atoms with E-state index >= 15 is 0 Å². The van der Waals surface area contributed by atoms with Gasteiger partial charge < -0.3 is 15.2 Å². The van der Waals surface area contributed by atoms with E-state index in [1.807, 2.05) is 17.5 Å². The minimum atomic E-state index is -1.19. The first kappa shape index (κ1) is 29.6. The summed E-state index contributed by atoms with van der Waals surface area (Å²) in [4.78, 5) is 59.6. The molecule has 0 amide bonds. The zero-order chi connectivity index (χ0) is 30.8. The normalized spacial score (nSPS) is 20.1. The van der Waals surface area contributed by atoms with Crippen molar-refractivity contribution in [2.45, 2.75) is 39.0 Å². The van der Waals surface area contributed by atoms with Crippen molar-refractivity contribution in [2.24, 2.45) is 11.7 Å². The lowest BCUT2D eigenvalue weighted by atomic mass is 9.68. The maximum Gasteiger partial charge on any atom is 0.338 e. The van der Waals surface area contributed by atoms with E-state index in [1.165, 1.54) is 34.6 Å². The molecular formula is C31H30N4O7S. The Morgan fingerprint density at radius 3 is 2.56 bits per heavy atom. The van der Waals surface area contributed by atoms with Crippen LogP contribution in [0.15, 0.2) is 82.9 Å². The Morgan fingerprint density at radius 2 is 1.93 bits per heavy atom. The second kappa shape index (κ2) is 12.2. The third kappa shape index (κ3) is 5.29. The molecule has 0 spiro atoms. The largest absolute Gasteiger partial charge is 0.465 e. The number of rotatable bonds is 8. The molecule has 12 heteroatoms. The number of allylic oxidation sites excluding steroid dienone is 2. The van der Waals surface area contributed by atoms with Gasteiger partial charge in [0, 0.05) is 46.6 Å². The highest BCUT2D eigenvalue weighted by atomic mass is 32.1. The van der Waals surface area contributed by atoms with E-state index in [1.54, 1.807) is 45.2 Å². The van der Waals surface area contributed by atoms with Crippen LogP contribution in [0.25, 0.3) is 0 Å². The fourth-order valence-electron chi connectivity index (χ4n) is 5.82. The van der Waals surface area contributed by atoms with E-state index in [2.05, 4.69) is 4.98 Å². The van der Waals surface area contributed by atoms with Crippen LogP contribution in [0.3, 0.4) is 0 Å². The summed E-state index contributed by atoms with van der Waals surface area (Å²) in [6.45, 7) is 5.20. The second-order valence-electron chi connectivity index (χ2n) is 10.1. The maximum atomic E-state index is 14.7. The number of thiophene rings is 1. The summed E-state index contributed by atoms with van der Waals surface area (Å²) in [5.41, 5.74) is 8.69. The van der Waals surface area contributed by atoms with E-state index in [9.17, 15) is 24.5 Å². The summed E-state index contributed by atoms with van der Waals surface area (Å²) >= 11 is 1.41. The molecule has 3 heterocycles. The molecule has 0 saturated heterocycles.